The fraction of sp³-hybridized carbons (Fsp3) is 0.846. The fourth-order valence-corrected chi connectivity index (χ4v) is 2.10. The topological polar surface area (TPSA) is 87.5 Å². The first-order valence-electron chi connectivity index (χ1n) is 6.88. The summed E-state index contributed by atoms with van der Waals surface area (Å²) in [4.78, 5) is 25.4. The lowest BCUT2D eigenvalue weighted by atomic mass is 10.1. The molecule has 4 N–H and O–H groups in total. The number of hydrogen-bond acceptors (Lipinski definition) is 4. The van der Waals surface area contributed by atoms with Gasteiger partial charge in [-0.1, -0.05) is 13.8 Å². The Morgan fingerprint density at radius 3 is 2.38 bits per heavy atom. The van der Waals surface area contributed by atoms with E-state index in [1.54, 1.807) is 0 Å². The van der Waals surface area contributed by atoms with Crippen molar-refractivity contribution in [1.29, 1.82) is 0 Å². The van der Waals surface area contributed by atoms with Crippen LogP contribution in [0.4, 0.5) is 0 Å². The van der Waals surface area contributed by atoms with Gasteiger partial charge < -0.3 is 21.3 Å². The number of rotatable bonds is 6. The molecule has 1 saturated heterocycles. The van der Waals surface area contributed by atoms with Crippen molar-refractivity contribution in [3.8, 4) is 0 Å². The van der Waals surface area contributed by atoms with Crippen LogP contribution in [0.3, 0.4) is 0 Å². The molecule has 0 radical (unpaired) electrons. The van der Waals surface area contributed by atoms with Crippen LogP contribution in [0.2, 0.25) is 0 Å². The second-order valence-electron chi connectivity index (χ2n) is 5.71. The summed E-state index contributed by atoms with van der Waals surface area (Å²) in [5.41, 5.74) is 5.69. The van der Waals surface area contributed by atoms with E-state index in [-0.39, 0.29) is 49.1 Å². The third kappa shape index (κ3) is 8.46. The van der Waals surface area contributed by atoms with Gasteiger partial charge in [0.1, 0.15) is 0 Å². The van der Waals surface area contributed by atoms with Crippen molar-refractivity contribution >= 4 is 36.6 Å². The van der Waals surface area contributed by atoms with E-state index in [0.29, 0.717) is 12.5 Å². The normalized spacial score (nSPS) is 19.4. The molecule has 21 heavy (non-hydrogen) atoms. The molecule has 6 nitrogen and oxygen atoms in total. The minimum Gasteiger partial charge on any atom is -0.354 e. The lowest BCUT2D eigenvalue weighted by Crippen LogP contribution is -2.47. The molecule has 0 bridgehead atoms. The quantitative estimate of drug-likeness (QED) is 0.633. The van der Waals surface area contributed by atoms with Gasteiger partial charge >= 0.3 is 0 Å². The minimum atomic E-state index is -0.559. The molecule has 2 atom stereocenters. The van der Waals surface area contributed by atoms with Crippen LogP contribution in [-0.4, -0.2) is 56.0 Å². The Labute approximate surface area is 139 Å². The Balaban J connectivity index is 0. The van der Waals surface area contributed by atoms with Crippen molar-refractivity contribution in [3.63, 3.8) is 0 Å². The first kappa shape index (κ1) is 22.7. The number of amides is 2. The highest BCUT2D eigenvalue weighted by molar-refractivity contribution is 5.87. The van der Waals surface area contributed by atoms with Crippen molar-refractivity contribution in [3.05, 3.63) is 0 Å². The number of hydrogen-bond donors (Lipinski definition) is 3. The van der Waals surface area contributed by atoms with Gasteiger partial charge in [0.15, 0.2) is 0 Å². The van der Waals surface area contributed by atoms with E-state index in [0.717, 1.165) is 19.5 Å². The van der Waals surface area contributed by atoms with Gasteiger partial charge in [0.25, 0.3) is 0 Å². The van der Waals surface area contributed by atoms with Gasteiger partial charge in [-0.3, -0.25) is 9.59 Å². The van der Waals surface area contributed by atoms with Crippen LogP contribution in [0.1, 0.15) is 20.3 Å². The highest BCUT2D eigenvalue weighted by Crippen LogP contribution is 2.12. The third-order valence-electron chi connectivity index (χ3n) is 3.52. The standard InChI is InChI=1S/C13H26N4O2.2ClH/c1-9(2)12(14)13(19)16-7-11(18)15-6-10-4-5-17(3)8-10;;/h9-10,12H,4-8,14H2,1-3H3,(H,15,18)(H,16,19);2*1H/t10?,12-;;/m0../s1. The highest BCUT2D eigenvalue weighted by atomic mass is 35.5. The zero-order valence-corrected chi connectivity index (χ0v) is 14.6. The van der Waals surface area contributed by atoms with Gasteiger partial charge in [-0.15, -0.1) is 24.8 Å². The molecule has 1 heterocycles. The zero-order chi connectivity index (χ0) is 14.4. The summed E-state index contributed by atoms with van der Waals surface area (Å²) >= 11 is 0. The molecule has 1 aliphatic rings. The van der Waals surface area contributed by atoms with E-state index >= 15 is 0 Å². The average Bonchev–Trinajstić information content (AvgIpc) is 2.78. The van der Waals surface area contributed by atoms with Crippen molar-refractivity contribution in [2.75, 3.05) is 33.2 Å². The number of carbonyl (C=O) groups excluding carboxylic acids is 2. The molecule has 0 aromatic heterocycles. The largest absolute Gasteiger partial charge is 0.354 e. The van der Waals surface area contributed by atoms with Gasteiger partial charge in [0, 0.05) is 13.1 Å². The van der Waals surface area contributed by atoms with Gasteiger partial charge in [-0.2, -0.15) is 0 Å². The predicted octanol–water partition coefficient (Wildman–Crippen LogP) is -0.00260. The molecule has 0 aliphatic carbocycles. The molecule has 126 valence electrons. The van der Waals surface area contributed by atoms with Crippen LogP contribution >= 0.6 is 24.8 Å². The van der Waals surface area contributed by atoms with Crippen LogP contribution < -0.4 is 16.4 Å². The van der Waals surface area contributed by atoms with Gasteiger partial charge in [-0.25, -0.2) is 0 Å². The monoisotopic (exact) mass is 342 g/mol. The summed E-state index contributed by atoms with van der Waals surface area (Å²) in [5, 5.41) is 5.41. The Kier molecular flexibility index (Phi) is 12.0. The summed E-state index contributed by atoms with van der Waals surface area (Å²) in [6.45, 7) is 6.53. The summed E-state index contributed by atoms with van der Waals surface area (Å²) in [5.74, 6) is 0.157. The van der Waals surface area contributed by atoms with E-state index in [2.05, 4.69) is 22.6 Å². The first-order valence-corrected chi connectivity index (χ1v) is 6.88. The average molecular weight is 343 g/mol. The van der Waals surface area contributed by atoms with Gasteiger partial charge in [0.05, 0.1) is 12.6 Å². The van der Waals surface area contributed by atoms with E-state index in [1.165, 1.54) is 0 Å². The number of nitrogens with zero attached hydrogens (tertiary/aromatic N) is 1. The predicted molar refractivity (Wildman–Crippen MR) is 88.9 cm³/mol. The smallest absolute Gasteiger partial charge is 0.239 e. The lowest BCUT2D eigenvalue weighted by Gasteiger charge is -2.16. The van der Waals surface area contributed by atoms with Crippen LogP contribution in [0.5, 0.6) is 0 Å². The van der Waals surface area contributed by atoms with Crippen molar-refractivity contribution in [2.24, 2.45) is 17.6 Å². The molecular weight excluding hydrogens is 315 g/mol. The number of nitrogens with two attached hydrogens (primary N) is 1. The lowest BCUT2D eigenvalue weighted by molar-refractivity contribution is -0.127. The van der Waals surface area contributed by atoms with E-state index in [1.807, 2.05) is 13.8 Å². The maximum Gasteiger partial charge on any atom is 0.239 e. The van der Waals surface area contributed by atoms with Crippen LogP contribution in [0.25, 0.3) is 0 Å². The maximum absolute atomic E-state index is 11.6. The van der Waals surface area contributed by atoms with Gasteiger partial charge in [-0.05, 0) is 31.8 Å². The number of nitrogens with one attached hydrogen (secondary N) is 2. The van der Waals surface area contributed by atoms with Crippen LogP contribution in [0, 0.1) is 11.8 Å². The van der Waals surface area contributed by atoms with Gasteiger partial charge in [0.2, 0.25) is 11.8 Å². The second kappa shape index (κ2) is 11.1. The molecule has 8 heteroatoms. The molecule has 0 aromatic carbocycles. The first-order chi connectivity index (χ1) is 8.90. The Bertz CT molecular complexity index is 329. The van der Waals surface area contributed by atoms with Crippen molar-refractivity contribution in [2.45, 2.75) is 26.3 Å². The molecule has 1 aliphatic heterocycles. The summed E-state index contributed by atoms with van der Waals surface area (Å²) < 4.78 is 0. The molecule has 2 amide bonds. The van der Waals surface area contributed by atoms with E-state index in [4.69, 9.17) is 5.73 Å². The summed E-state index contributed by atoms with van der Waals surface area (Å²) in [6.07, 6.45) is 1.11. The third-order valence-corrected chi connectivity index (χ3v) is 3.52. The highest BCUT2D eigenvalue weighted by Gasteiger charge is 2.20. The number of carbonyl (C=O) groups is 2. The molecule has 0 aromatic rings. The van der Waals surface area contributed by atoms with Crippen LogP contribution in [0.15, 0.2) is 0 Å². The van der Waals surface area contributed by atoms with Crippen LogP contribution in [-0.2, 0) is 9.59 Å². The Morgan fingerprint density at radius 1 is 1.29 bits per heavy atom. The van der Waals surface area contributed by atoms with E-state index < -0.39 is 6.04 Å². The molecule has 1 unspecified atom stereocenters. The zero-order valence-electron chi connectivity index (χ0n) is 12.9. The maximum atomic E-state index is 11.6. The molecular formula is C13H28Cl2N4O2. The molecule has 0 saturated carbocycles. The van der Waals surface area contributed by atoms with Crippen molar-refractivity contribution in [1.82, 2.24) is 15.5 Å². The molecule has 1 rings (SSSR count). The minimum absolute atomic E-state index is 0. The van der Waals surface area contributed by atoms with Crippen molar-refractivity contribution < 1.29 is 9.59 Å². The molecule has 0 spiro atoms. The Morgan fingerprint density at radius 2 is 1.90 bits per heavy atom. The summed E-state index contributed by atoms with van der Waals surface area (Å²) in [6, 6.07) is -0.559. The Hall–Kier alpha value is -0.560. The second-order valence-corrected chi connectivity index (χ2v) is 5.71. The van der Waals surface area contributed by atoms with E-state index in [9.17, 15) is 9.59 Å². The SMILES string of the molecule is CC(C)[C@H](N)C(=O)NCC(=O)NCC1CCN(C)C1.Cl.Cl. The summed E-state index contributed by atoms with van der Waals surface area (Å²) in [7, 11) is 2.08. The number of halogens is 2. The number of likely N-dealkylation sites (tertiary alicyclic amines) is 1. The fourth-order valence-electron chi connectivity index (χ4n) is 2.10. The molecule has 1 fully saturated rings.